The lowest BCUT2D eigenvalue weighted by Crippen LogP contribution is -2.55. The van der Waals surface area contributed by atoms with Crippen LogP contribution in [0.15, 0.2) is 22.8 Å². The Morgan fingerprint density at radius 3 is 2.94 bits per heavy atom. The standard InChI is InChI=1S/C13H23N3O/c1-4-14-13(12-6-5-9-17-12)11-10-15(2)7-8-16(11)3/h5-6,9,11,13-14H,4,7-8,10H2,1-3H3. The van der Waals surface area contributed by atoms with E-state index >= 15 is 0 Å². The van der Waals surface area contributed by atoms with Crippen molar-refractivity contribution in [2.45, 2.75) is 19.0 Å². The van der Waals surface area contributed by atoms with E-state index in [2.05, 4.69) is 42.2 Å². The van der Waals surface area contributed by atoms with Gasteiger partial charge < -0.3 is 14.6 Å². The Morgan fingerprint density at radius 1 is 1.47 bits per heavy atom. The molecule has 2 atom stereocenters. The highest BCUT2D eigenvalue weighted by Crippen LogP contribution is 2.23. The molecule has 0 saturated carbocycles. The van der Waals surface area contributed by atoms with Crippen LogP contribution in [0.25, 0.3) is 0 Å². The predicted molar refractivity (Wildman–Crippen MR) is 69.0 cm³/mol. The van der Waals surface area contributed by atoms with E-state index in [1.54, 1.807) is 6.26 Å². The Kier molecular flexibility index (Phi) is 4.20. The van der Waals surface area contributed by atoms with Gasteiger partial charge >= 0.3 is 0 Å². The molecular formula is C13H23N3O. The third-order valence-corrected chi connectivity index (χ3v) is 3.56. The lowest BCUT2D eigenvalue weighted by atomic mass is 10.0. The minimum absolute atomic E-state index is 0.280. The number of hydrogen-bond acceptors (Lipinski definition) is 4. The minimum Gasteiger partial charge on any atom is -0.468 e. The maximum absolute atomic E-state index is 5.58. The third kappa shape index (κ3) is 2.89. The van der Waals surface area contributed by atoms with E-state index in [0.29, 0.717) is 6.04 Å². The van der Waals surface area contributed by atoms with Gasteiger partial charge in [-0.25, -0.2) is 0 Å². The maximum atomic E-state index is 5.58. The molecule has 17 heavy (non-hydrogen) atoms. The minimum atomic E-state index is 0.280. The number of nitrogens with zero attached hydrogens (tertiary/aromatic N) is 2. The lowest BCUT2D eigenvalue weighted by molar-refractivity contribution is 0.0820. The average Bonchev–Trinajstić information content (AvgIpc) is 2.83. The largest absolute Gasteiger partial charge is 0.468 e. The summed E-state index contributed by atoms with van der Waals surface area (Å²) in [4.78, 5) is 4.81. The summed E-state index contributed by atoms with van der Waals surface area (Å²) < 4.78 is 5.58. The van der Waals surface area contributed by atoms with Crippen LogP contribution in [0.3, 0.4) is 0 Å². The van der Waals surface area contributed by atoms with Crippen molar-refractivity contribution in [2.24, 2.45) is 0 Å². The highest BCUT2D eigenvalue weighted by atomic mass is 16.3. The van der Waals surface area contributed by atoms with Gasteiger partial charge in [-0.05, 0) is 32.8 Å². The fourth-order valence-corrected chi connectivity index (χ4v) is 2.52. The van der Waals surface area contributed by atoms with Gasteiger partial charge in [0.1, 0.15) is 5.76 Å². The monoisotopic (exact) mass is 237 g/mol. The predicted octanol–water partition coefficient (Wildman–Crippen LogP) is 1.18. The summed E-state index contributed by atoms with van der Waals surface area (Å²) in [6.07, 6.45) is 1.76. The van der Waals surface area contributed by atoms with E-state index in [-0.39, 0.29) is 6.04 Å². The molecule has 1 aliphatic rings. The SMILES string of the molecule is CCNC(c1ccco1)C1CN(C)CCN1C. The molecule has 0 aliphatic carbocycles. The molecule has 2 unspecified atom stereocenters. The van der Waals surface area contributed by atoms with E-state index in [4.69, 9.17) is 4.42 Å². The molecule has 1 fully saturated rings. The molecule has 0 bridgehead atoms. The van der Waals surface area contributed by atoms with E-state index in [1.807, 2.05) is 6.07 Å². The van der Waals surface area contributed by atoms with Crippen LogP contribution < -0.4 is 5.32 Å². The van der Waals surface area contributed by atoms with Crippen molar-refractivity contribution in [3.8, 4) is 0 Å². The molecule has 4 heteroatoms. The molecule has 2 heterocycles. The first-order valence-corrected chi connectivity index (χ1v) is 6.38. The lowest BCUT2D eigenvalue weighted by Gasteiger charge is -2.41. The molecule has 1 N–H and O–H groups in total. The van der Waals surface area contributed by atoms with Crippen LogP contribution in [0.2, 0.25) is 0 Å². The van der Waals surface area contributed by atoms with Crippen LogP contribution in [0.5, 0.6) is 0 Å². The van der Waals surface area contributed by atoms with Gasteiger partial charge in [0, 0.05) is 25.7 Å². The average molecular weight is 237 g/mol. The van der Waals surface area contributed by atoms with Crippen molar-refractivity contribution >= 4 is 0 Å². The van der Waals surface area contributed by atoms with E-state index in [9.17, 15) is 0 Å². The van der Waals surface area contributed by atoms with Gasteiger partial charge in [-0.15, -0.1) is 0 Å². The first-order valence-electron chi connectivity index (χ1n) is 6.38. The van der Waals surface area contributed by atoms with Crippen molar-refractivity contribution in [1.82, 2.24) is 15.1 Å². The Morgan fingerprint density at radius 2 is 2.29 bits per heavy atom. The molecule has 1 aromatic rings. The molecular weight excluding hydrogens is 214 g/mol. The Balaban J connectivity index is 2.14. The fraction of sp³-hybridized carbons (Fsp3) is 0.692. The number of nitrogens with one attached hydrogen (secondary N) is 1. The summed E-state index contributed by atoms with van der Waals surface area (Å²) in [5.41, 5.74) is 0. The van der Waals surface area contributed by atoms with E-state index in [1.165, 1.54) is 0 Å². The zero-order valence-electron chi connectivity index (χ0n) is 11.0. The molecule has 0 aromatic carbocycles. The normalized spacial score (nSPS) is 25.0. The van der Waals surface area contributed by atoms with Gasteiger partial charge in [0.15, 0.2) is 0 Å². The van der Waals surface area contributed by atoms with Crippen LogP contribution in [0.1, 0.15) is 18.7 Å². The molecule has 0 amide bonds. The van der Waals surface area contributed by atoms with Crippen LogP contribution in [-0.4, -0.2) is 56.1 Å². The van der Waals surface area contributed by atoms with Gasteiger partial charge in [-0.3, -0.25) is 4.90 Å². The van der Waals surface area contributed by atoms with E-state index in [0.717, 1.165) is 31.9 Å². The molecule has 96 valence electrons. The highest BCUT2D eigenvalue weighted by molar-refractivity contribution is 5.09. The summed E-state index contributed by atoms with van der Waals surface area (Å²) in [6, 6.07) is 4.78. The van der Waals surface area contributed by atoms with Crippen LogP contribution in [0, 0.1) is 0 Å². The summed E-state index contributed by atoms with van der Waals surface area (Å²) >= 11 is 0. The van der Waals surface area contributed by atoms with Crippen LogP contribution in [-0.2, 0) is 0 Å². The van der Waals surface area contributed by atoms with Gasteiger partial charge in [0.25, 0.3) is 0 Å². The number of piperazine rings is 1. The molecule has 1 aromatic heterocycles. The third-order valence-electron chi connectivity index (χ3n) is 3.56. The summed E-state index contributed by atoms with van der Waals surface area (Å²) in [6.45, 7) is 6.44. The molecule has 0 spiro atoms. The Hall–Kier alpha value is -0.840. The smallest absolute Gasteiger partial charge is 0.122 e. The first kappa shape index (κ1) is 12.6. The Labute approximate surface area is 104 Å². The van der Waals surface area contributed by atoms with Crippen molar-refractivity contribution in [1.29, 1.82) is 0 Å². The number of furan rings is 1. The summed E-state index contributed by atoms with van der Waals surface area (Å²) in [5.74, 6) is 1.04. The number of hydrogen-bond donors (Lipinski definition) is 1. The number of rotatable bonds is 4. The van der Waals surface area contributed by atoms with Gasteiger partial charge in [-0.1, -0.05) is 6.92 Å². The molecule has 1 aliphatic heterocycles. The van der Waals surface area contributed by atoms with Gasteiger partial charge in [-0.2, -0.15) is 0 Å². The zero-order valence-corrected chi connectivity index (χ0v) is 11.0. The molecule has 4 nitrogen and oxygen atoms in total. The van der Waals surface area contributed by atoms with Crippen molar-refractivity contribution in [2.75, 3.05) is 40.3 Å². The topological polar surface area (TPSA) is 31.7 Å². The second-order valence-electron chi connectivity index (χ2n) is 4.86. The molecule has 1 saturated heterocycles. The fourth-order valence-electron chi connectivity index (χ4n) is 2.52. The second kappa shape index (κ2) is 5.67. The molecule has 0 radical (unpaired) electrons. The zero-order chi connectivity index (χ0) is 12.3. The van der Waals surface area contributed by atoms with Crippen molar-refractivity contribution in [3.05, 3.63) is 24.2 Å². The summed E-state index contributed by atoms with van der Waals surface area (Å²) in [5, 5.41) is 3.54. The van der Waals surface area contributed by atoms with Crippen molar-refractivity contribution < 1.29 is 4.42 Å². The Bertz CT molecular complexity index is 325. The highest BCUT2D eigenvalue weighted by Gasteiger charge is 2.31. The van der Waals surface area contributed by atoms with Gasteiger partial charge in [0.05, 0.1) is 12.3 Å². The maximum Gasteiger partial charge on any atom is 0.122 e. The number of likely N-dealkylation sites (N-methyl/N-ethyl adjacent to an activating group) is 3. The molecule has 2 rings (SSSR count). The second-order valence-corrected chi connectivity index (χ2v) is 4.86. The first-order chi connectivity index (χ1) is 8.22. The van der Waals surface area contributed by atoms with Gasteiger partial charge in [0.2, 0.25) is 0 Å². The van der Waals surface area contributed by atoms with Crippen LogP contribution in [0.4, 0.5) is 0 Å². The van der Waals surface area contributed by atoms with E-state index < -0.39 is 0 Å². The summed E-state index contributed by atoms with van der Waals surface area (Å²) in [7, 11) is 4.39. The van der Waals surface area contributed by atoms with Crippen LogP contribution >= 0.6 is 0 Å². The quantitative estimate of drug-likeness (QED) is 0.852. The van der Waals surface area contributed by atoms with Crippen molar-refractivity contribution in [3.63, 3.8) is 0 Å².